The number of ether oxygens (including phenoxy) is 2. The lowest BCUT2D eigenvalue weighted by atomic mass is 10.1. The molecule has 0 radical (unpaired) electrons. The van der Waals surface area contributed by atoms with Crippen molar-refractivity contribution in [3.8, 4) is 11.5 Å². The van der Waals surface area contributed by atoms with Gasteiger partial charge in [0.2, 0.25) is 0 Å². The lowest BCUT2D eigenvalue weighted by Crippen LogP contribution is -2.21. The molecule has 0 saturated carbocycles. The van der Waals surface area contributed by atoms with Crippen LogP contribution in [0.4, 0.5) is 5.82 Å². The maximum atomic E-state index is 5.80. The highest BCUT2D eigenvalue weighted by molar-refractivity contribution is 6.18. The molecule has 2 aromatic rings. The topological polar surface area (TPSA) is 34.6 Å². The van der Waals surface area contributed by atoms with Gasteiger partial charge < -0.3 is 14.4 Å². The number of pyridine rings is 1. The molecule has 0 N–H and O–H groups in total. The predicted octanol–water partition coefficient (Wildman–Crippen LogP) is 2.68. The molecule has 0 aliphatic carbocycles. The Bertz CT molecular complexity index is 603. The Morgan fingerprint density at radius 1 is 1.26 bits per heavy atom. The fourth-order valence-electron chi connectivity index (χ4n) is 2.23. The number of alkyl halides is 1. The first-order chi connectivity index (χ1) is 9.29. The van der Waals surface area contributed by atoms with E-state index in [0.717, 1.165) is 34.6 Å². The summed E-state index contributed by atoms with van der Waals surface area (Å²) in [5, 5.41) is 2.15. The minimum absolute atomic E-state index is 0.569. The highest BCUT2D eigenvalue weighted by Gasteiger charge is 2.15. The summed E-state index contributed by atoms with van der Waals surface area (Å²) in [5.41, 5.74) is 0. The van der Waals surface area contributed by atoms with Gasteiger partial charge >= 0.3 is 0 Å². The molecule has 0 unspecified atom stereocenters. The van der Waals surface area contributed by atoms with Crippen LogP contribution in [0.15, 0.2) is 24.4 Å². The van der Waals surface area contributed by atoms with Crippen molar-refractivity contribution in [2.24, 2.45) is 0 Å². The summed E-state index contributed by atoms with van der Waals surface area (Å²) in [6, 6.07) is 5.98. The van der Waals surface area contributed by atoms with Gasteiger partial charge in [-0.2, -0.15) is 0 Å². The van der Waals surface area contributed by atoms with Crippen LogP contribution in [-0.2, 0) is 0 Å². The number of aromatic nitrogens is 1. The highest BCUT2D eigenvalue weighted by atomic mass is 35.5. The SMILES string of the molecule is CN(CCCl)c1nccc2cc3c(cc12)OCCO3. The highest BCUT2D eigenvalue weighted by Crippen LogP contribution is 2.37. The first kappa shape index (κ1) is 12.4. The van der Waals surface area contributed by atoms with E-state index < -0.39 is 0 Å². The van der Waals surface area contributed by atoms with Crippen LogP contribution in [0, 0.1) is 0 Å². The molecule has 19 heavy (non-hydrogen) atoms. The van der Waals surface area contributed by atoms with Crippen LogP contribution in [0.25, 0.3) is 10.8 Å². The van der Waals surface area contributed by atoms with Crippen molar-refractivity contribution in [2.45, 2.75) is 0 Å². The van der Waals surface area contributed by atoms with E-state index in [4.69, 9.17) is 21.1 Å². The molecule has 1 aliphatic heterocycles. The molecule has 100 valence electrons. The van der Waals surface area contributed by atoms with E-state index in [1.807, 2.05) is 30.1 Å². The van der Waals surface area contributed by atoms with Crippen LogP contribution in [0.1, 0.15) is 0 Å². The third kappa shape index (κ3) is 2.28. The Kier molecular flexibility index (Phi) is 3.34. The monoisotopic (exact) mass is 278 g/mol. The van der Waals surface area contributed by atoms with Gasteiger partial charge in [0.05, 0.1) is 0 Å². The summed E-state index contributed by atoms with van der Waals surface area (Å²) in [6.07, 6.45) is 1.80. The second-order valence-corrected chi connectivity index (χ2v) is 4.84. The summed E-state index contributed by atoms with van der Waals surface area (Å²) in [6.45, 7) is 1.94. The van der Waals surface area contributed by atoms with Gasteiger partial charge in [-0.05, 0) is 23.6 Å². The quantitative estimate of drug-likeness (QED) is 0.809. The van der Waals surface area contributed by atoms with Crippen LogP contribution in [-0.4, -0.2) is 37.7 Å². The maximum absolute atomic E-state index is 5.80. The summed E-state index contributed by atoms with van der Waals surface area (Å²) < 4.78 is 11.2. The standard InChI is InChI=1S/C14H15ClN2O2/c1-17(5-3-15)14-11-9-13-12(18-6-7-19-13)8-10(11)2-4-16-14/h2,4,8-9H,3,5-7H2,1H3. The Labute approximate surface area is 116 Å². The smallest absolute Gasteiger partial charge is 0.162 e. The van der Waals surface area contributed by atoms with Crippen LogP contribution >= 0.6 is 11.6 Å². The molecule has 3 rings (SSSR count). The number of anilines is 1. The minimum atomic E-state index is 0.569. The molecule has 0 atom stereocenters. The molecule has 0 saturated heterocycles. The van der Waals surface area contributed by atoms with E-state index in [9.17, 15) is 0 Å². The van der Waals surface area contributed by atoms with Crippen molar-refractivity contribution >= 4 is 28.2 Å². The number of nitrogens with zero attached hydrogens (tertiary/aromatic N) is 2. The van der Waals surface area contributed by atoms with Gasteiger partial charge in [0, 0.05) is 31.1 Å². The molecule has 1 aliphatic rings. The van der Waals surface area contributed by atoms with Crippen LogP contribution in [0.5, 0.6) is 11.5 Å². The second-order valence-electron chi connectivity index (χ2n) is 4.46. The van der Waals surface area contributed by atoms with Crippen molar-refractivity contribution in [3.05, 3.63) is 24.4 Å². The van der Waals surface area contributed by atoms with Crippen LogP contribution in [0.3, 0.4) is 0 Å². The third-order valence-corrected chi connectivity index (χ3v) is 3.36. The minimum Gasteiger partial charge on any atom is -0.486 e. The molecule has 1 aromatic carbocycles. The van der Waals surface area contributed by atoms with Gasteiger partial charge in [-0.25, -0.2) is 4.98 Å². The molecule has 0 amide bonds. The van der Waals surface area contributed by atoms with Gasteiger partial charge in [-0.3, -0.25) is 0 Å². The lowest BCUT2D eigenvalue weighted by molar-refractivity contribution is 0.172. The average Bonchev–Trinajstić information content (AvgIpc) is 2.44. The number of hydrogen-bond acceptors (Lipinski definition) is 4. The normalized spacial score (nSPS) is 13.6. The van der Waals surface area contributed by atoms with E-state index in [0.29, 0.717) is 19.1 Å². The van der Waals surface area contributed by atoms with Crippen molar-refractivity contribution in [3.63, 3.8) is 0 Å². The van der Waals surface area contributed by atoms with Gasteiger partial charge in [0.1, 0.15) is 19.0 Å². The van der Waals surface area contributed by atoms with Crippen LogP contribution in [0.2, 0.25) is 0 Å². The molecule has 4 nitrogen and oxygen atoms in total. The number of fused-ring (bicyclic) bond motifs is 2. The Morgan fingerprint density at radius 2 is 2.00 bits per heavy atom. The summed E-state index contributed by atoms with van der Waals surface area (Å²) in [7, 11) is 1.99. The van der Waals surface area contributed by atoms with Crippen LogP contribution < -0.4 is 14.4 Å². The lowest BCUT2D eigenvalue weighted by Gasteiger charge is -2.22. The van der Waals surface area contributed by atoms with E-state index >= 15 is 0 Å². The van der Waals surface area contributed by atoms with Gasteiger partial charge in [-0.15, -0.1) is 11.6 Å². The number of rotatable bonds is 3. The molecule has 0 spiro atoms. The van der Waals surface area contributed by atoms with Crippen molar-refractivity contribution in [1.29, 1.82) is 0 Å². The molecule has 2 heterocycles. The second kappa shape index (κ2) is 5.13. The van der Waals surface area contributed by atoms with Gasteiger partial charge in [-0.1, -0.05) is 0 Å². The van der Waals surface area contributed by atoms with E-state index in [-0.39, 0.29) is 0 Å². The summed E-state index contributed by atoms with van der Waals surface area (Å²) in [5.74, 6) is 3.07. The van der Waals surface area contributed by atoms with Crippen molar-refractivity contribution in [1.82, 2.24) is 4.98 Å². The first-order valence-corrected chi connectivity index (χ1v) is 6.78. The molecule has 5 heteroatoms. The van der Waals surface area contributed by atoms with Crippen molar-refractivity contribution < 1.29 is 9.47 Å². The van der Waals surface area contributed by atoms with Gasteiger partial charge in [0.25, 0.3) is 0 Å². The zero-order chi connectivity index (χ0) is 13.2. The molecule has 0 bridgehead atoms. The summed E-state index contributed by atoms with van der Waals surface area (Å²) >= 11 is 5.80. The Hall–Kier alpha value is -1.68. The Balaban J connectivity index is 2.13. The number of hydrogen-bond donors (Lipinski definition) is 0. The first-order valence-electron chi connectivity index (χ1n) is 6.25. The largest absolute Gasteiger partial charge is 0.486 e. The molecular formula is C14H15ClN2O2. The van der Waals surface area contributed by atoms with E-state index in [1.54, 1.807) is 6.20 Å². The third-order valence-electron chi connectivity index (χ3n) is 3.19. The van der Waals surface area contributed by atoms with E-state index in [1.165, 1.54) is 0 Å². The number of halogens is 1. The zero-order valence-electron chi connectivity index (χ0n) is 10.7. The predicted molar refractivity (Wildman–Crippen MR) is 76.7 cm³/mol. The average molecular weight is 279 g/mol. The molecular weight excluding hydrogens is 264 g/mol. The fourth-order valence-corrected chi connectivity index (χ4v) is 2.48. The fraction of sp³-hybridized carbons (Fsp3) is 0.357. The maximum Gasteiger partial charge on any atom is 0.162 e. The number of benzene rings is 1. The van der Waals surface area contributed by atoms with Gasteiger partial charge in [0.15, 0.2) is 11.5 Å². The van der Waals surface area contributed by atoms with E-state index in [2.05, 4.69) is 4.98 Å². The summed E-state index contributed by atoms with van der Waals surface area (Å²) in [4.78, 5) is 6.49. The Morgan fingerprint density at radius 3 is 2.74 bits per heavy atom. The van der Waals surface area contributed by atoms with Crippen molar-refractivity contribution in [2.75, 3.05) is 37.6 Å². The molecule has 0 fully saturated rings. The molecule has 1 aromatic heterocycles. The zero-order valence-corrected chi connectivity index (χ0v) is 11.5.